The summed E-state index contributed by atoms with van der Waals surface area (Å²) in [6, 6.07) is 7.11. The lowest BCUT2D eigenvalue weighted by atomic mass is 10.2. The van der Waals surface area contributed by atoms with E-state index < -0.39 is 10.0 Å². The van der Waals surface area contributed by atoms with Gasteiger partial charge in [0.25, 0.3) is 0 Å². The van der Waals surface area contributed by atoms with Crippen LogP contribution in [0.5, 0.6) is 0 Å². The number of nitrogens with one attached hydrogen (secondary N) is 2. The summed E-state index contributed by atoms with van der Waals surface area (Å²) in [5.74, 6) is 0. The van der Waals surface area contributed by atoms with E-state index in [1.165, 1.54) is 0 Å². The Labute approximate surface area is 109 Å². The van der Waals surface area contributed by atoms with Crippen LogP contribution >= 0.6 is 0 Å². The third kappa shape index (κ3) is 2.91. The van der Waals surface area contributed by atoms with Crippen LogP contribution in [0.2, 0.25) is 0 Å². The zero-order valence-electron chi connectivity index (χ0n) is 11.0. The van der Waals surface area contributed by atoms with Gasteiger partial charge in [0.05, 0.1) is 4.90 Å². The quantitative estimate of drug-likeness (QED) is 0.850. The Morgan fingerprint density at radius 3 is 2.61 bits per heavy atom. The van der Waals surface area contributed by atoms with E-state index in [9.17, 15) is 8.42 Å². The second kappa shape index (κ2) is 4.64. The van der Waals surface area contributed by atoms with Gasteiger partial charge in [-0.25, -0.2) is 13.1 Å². The van der Waals surface area contributed by atoms with Crippen LogP contribution in [-0.4, -0.2) is 21.5 Å². The highest BCUT2D eigenvalue weighted by Crippen LogP contribution is 2.45. The van der Waals surface area contributed by atoms with Crippen molar-refractivity contribution in [3.8, 4) is 0 Å². The summed E-state index contributed by atoms with van der Waals surface area (Å²) in [6.07, 6.45) is 0.905. The van der Waals surface area contributed by atoms with Gasteiger partial charge < -0.3 is 5.32 Å². The number of hydrogen-bond donors (Lipinski definition) is 2. The molecule has 1 fully saturated rings. The molecule has 18 heavy (non-hydrogen) atoms. The molecular weight excluding hydrogens is 248 g/mol. The van der Waals surface area contributed by atoms with Crippen LogP contribution in [0.1, 0.15) is 25.8 Å². The van der Waals surface area contributed by atoms with Gasteiger partial charge in [0.15, 0.2) is 0 Å². The first-order valence-electron chi connectivity index (χ1n) is 6.11. The molecule has 0 aromatic heterocycles. The van der Waals surface area contributed by atoms with E-state index in [1.807, 2.05) is 13.1 Å². The second-order valence-corrected chi connectivity index (χ2v) is 7.26. The minimum Gasteiger partial charge on any atom is -0.316 e. The Hall–Kier alpha value is -0.910. The average Bonchev–Trinajstić information content (AvgIpc) is 2.86. The van der Waals surface area contributed by atoms with E-state index in [4.69, 9.17) is 0 Å². The summed E-state index contributed by atoms with van der Waals surface area (Å²) >= 11 is 0. The first-order valence-corrected chi connectivity index (χ1v) is 7.59. The van der Waals surface area contributed by atoms with Crippen LogP contribution in [0.25, 0.3) is 0 Å². The Morgan fingerprint density at radius 1 is 1.39 bits per heavy atom. The van der Waals surface area contributed by atoms with Gasteiger partial charge in [-0.15, -0.1) is 0 Å². The number of sulfonamides is 1. The lowest BCUT2D eigenvalue weighted by molar-refractivity contribution is 0.555. The third-order valence-corrected chi connectivity index (χ3v) is 4.87. The fourth-order valence-electron chi connectivity index (χ4n) is 1.95. The molecule has 1 aliphatic carbocycles. The van der Waals surface area contributed by atoms with Crippen molar-refractivity contribution in [3.63, 3.8) is 0 Å². The summed E-state index contributed by atoms with van der Waals surface area (Å²) in [4.78, 5) is 0.345. The summed E-state index contributed by atoms with van der Waals surface area (Å²) in [7, 11) is -1.55. The van der Waals surface area contributed by atoms with E-state index in [-0.39, 0.29) is 11.5 Å². The molecule has 0 saturated heterocycles. The van der Waals surface area contributed by atoms with Crippen molar-refractivity contribution in [2.75, 3.05) is 7.05 Å². The first-order chi connectivity index (χ1) is 8.35. The van der Waals surface area contributed by atoms with Gasteiger partial charge in [0.1, 0.15) is 0 Å². The molecule has 2 rings (SSSR count). The van der Waals surface area contributed by atoms with Gasteiger partial charge in [-0.2, -0.15) is 0 Å². The van der Waals surface area contributed by atoms with Crippen molar-refractivity contribution in [2.45, 2.75) is 37.8 Å². The zero-order chi connectivity index (χ0) is 13.4. The maximum Gasteiger partial charge on any atom is 0.240 e. The molecule has 100 valence electrons. The summed E-state index contributed by atoms with van der Waals surface area (Å²) in [6.45, 7) is 4.80. The molecule has 1 saturated carbocycles. The van der Waals surface area contributed by atoms with Crippen molar-refractivity contribution in [1.82, 2.24) is 10.0 Å². The van der Waals surface area contributed by atoms with Crippen molar-refractivity contribution in [1.29, 1.82) is 0 Å². The van der Waals surface area contributed by atoms with E-state index in [0.717, 1.165) is 12.0 Å². The molecule has 2 N–H and O–H groups in total. The predicted molar refractivity (Wildman–Crippen MR) is 71.7 cm³/mol. The molecule has 1 atom stereocenters. The summed E-state index contributed by atoms with van der Waals surface area (Å²) < 4.78 is 27.1. The fraction of sp³-hybridized carbons (Fsp3) is 0.538. The number of rotatable bonds is 5. The maximum absolute atomic E-state index is 12.2. The van der Waals surface area contributed by atoms with Crippen LogP contribution < -0.4 is 10.0 Å². The van der Waals surface area contributed by atoms with Crippen LogP contribution in [0, 0.1) is 5.41 Å². The van der Waals surface area contributed by atoms with Gasteiger partial charge in [0.2, 0.25) is 10.0 Å². The van der Waals surface area contributed by atoms with Gasteiger partial charge in [-0.3, -0.25) is 0 Å². The molecule has 1 aliphatic rings. The average molecular weight is 268 g/mol. The molecule has 5 heteroatoms. The Balaban J connectivity index is 2.17. The normalized spacial score (nSPS) is 21.8. The Bertz CT molecular complexity index is 538. The SMILES string of the molecule is CNCc1cccc(S(=O)(=O)NC2CC2(C)C)c1. The lowest BCUT2D eigenvalue weighted by Crippen LogP contribution is -2.28. The molecule has 0 aliphatic heterocycles. The second-order valence-electron chi connectivity index (χ2n) is 5.54. The van der Waals surface area contributed by atoms with Gasteiger partial charge in [-0.05, 0) is 36.6 Å². The Morgan fingerprint density at radius 2 is 2.06 bits per heavy atom. The standard InChI is InChI=1S/C13H20N2O2S/c1-13(2)8-12(13)15-18(16,17)11-6-4-5-10(7-11)9-14-3/h4-7,12,14-15H,8-9H2,1-3H3. The molecule has 0 heterocycles. The molecule has 1 aromatic rings. The monoisotopic (exact) mass is 268 g/mol. The highest BCUT2D eigenvalue weighted by atomic mass is 32.2. The number of benzene rings is 1. The summed E-state index contributed by atoms with van der Waals surface area (Å²) in [5, 5.41) is 3.01. The molecule has 1 aromatic carbocycles. The third-order valence-electron chi connectivity index (χ3n) is 3.40. The van der Waals surface area contributed by atoms with Crippen molar-refractivity contribution in [3.05, 3.63) is 29.8 Å². The summed E-state index contributed by atoms with van der Waals surface area (Å²) in [5.41, 5.74) is 1.06. The number of hydrogen-bond acceptors (Lipinski definition) is 3. The predicted octanol–water partition coefficient (Wildman–Crippen LogP) is 1.48. The van der Waals surface area contributed by atoms with Crippen LogP contribution in [0.3, 0.4) is 0 Å². The molecule has 4 nitrogen and oxygen atoms in total. The molecule has 0 spiro atoms. The molecule has 0 bridgehead atoms. The smallest absolute Gasteiger partial charge is 0.240 e. The van der Waals surface area contributed by atoms with Crippen LogP contribution in [-0.2, 0) is 16.6 Å². The highest BCUT2D eigenvalue weighted by molar-refractivity contribution is 7.89. The van der Waals surface area contributed by atoms with Gasteiger partial charge in [-0.1, -0.05) is 26.0 Å². The Kier molecular flexibility index (Phi) is 3.49. The highest BCUT2D eigenvalue weighted by Gasteiger charge is 2.47. The largest absolute Gasteiger partial charge is 0.316 e. The maximum atomic E-state index is 12.2. The van der Waals surface area contributed by atoms with E-state index >= 15 is 0 Å². The molecule has 1 unspecified atom stereocenters. The minimum absolute atomic E-state index is 0.0652. The van der Waals surface area contributed by atoms with Crippen molar-refractivity contribution < 1.29 is 8.42 Å². The fourth-order valence-corrected chi connectivity index (χ4v) is 3.43. The minimum atomic E-state index is -3.39. The lowest BCUT2D eigenvalue weighted by Gasteiger charge is -2.09. The molecule has 0 amide bonds. The zero-order valence-corrected chi connectivity index (χ0v) is 11.8. The first kappa shape index (κ1) is 13.5. The van der Waals surface area contributed by atoms with Gasteiger partial charge >= 0.3 is 0 Å². The van der Waals surface area contributed by atoms with Crippen LogP contribution in [0.15, 0.2) is 29.2 Å². The molecular formula is C13H20N2O2S. The van der Waals surface area contributed by atoms with Crippen molar-refractivity contribution >= 4 is 10.0 Å². The van der Waals surface area contributed by atoms with E-state index in [0.29, 0.717) is 11.4 Å². The van der Waals surface area contributed by atoms with E-state index in [2.05, 4.69) is 23.9 Å². The topological polar surface area (TPSA) is 58.2 Å². The van der Waals surface area contributed by atoms with Gasteiger partial charge in [0, 0.05) is 12.6 Å². The molecule has 0 radical (unpaired) electrons. The van der Waals surface area contributed by atoms with Crippen LogP contribution in [0.4, 0.5) is 0 Å². The van der Waals surface area contributed by atoms with Crippen molar-refractivity contribution in [2.24, 2.45) is 5.41 Å². The van der Waals surface area contributed by atoms with E-state index in [1.54, 1.807) is 18.2 Å².